The van der Waals surface area contributed by atoms with Gasteiger partial charge in [-0.2, -0.15) is 0 Å². The Morgan fingerprint density at radius 2 is 1.05 bits per heavy atom. The van der Waals surface area contributed by atoms with Gasteiger partial charge >= 0.3 is 0 Å². The van der Waals surface area contributed by atoms with Crippen LogP contribution < -0.4 is 0 Å². The molecule has 0 aliphatic carbocycles. The summed E-state index contributed by atoms with van der Waals surface area (Å²) in [6, 6.07) is 20.6. The van der Waals surface area contributed by atoms with Crippen molar-refractivity contribution in [1.29, 1.82) is 0 Å². The van der Waals surface area contributed by atoms with Gasteiger partial charge in [-0.05, 0) is 63.5 Å². The molecular formula is C34H48N2O4. The maximum absolute atomic E-state index is 13.9. The third-order valence-corrected chi connectivity index (χ3v) is 8.90. The van der Waals surface area contributed by atoms with E-state index in [0.717, 1.165) is 25.7 Å². The molecule has 0 saturated carbocycles. The van der Waals surface area contributed by atoms with Crippen molar-refractivity contribution in [1.82, 2.24) is 9.80 Å². The van der Waals surface area contributed by atoms with E-state index in [0.29, 0.717) is 26.1 Å². The molecule has 0 N–H and O–H groups in total. The number of hydrogen-bond donors (Lipinski definition) is 0. The number of benzene rings is 2. The number of carbonyl (C=O) groups excluding carboxylic acids is 2. The minimum atomic E-state index is -0.645. The van der Waals surface area contributed by atoms with Gasteiger partial charge in [0.1, 0.15) is 11.4 Å². The highest BCUT2D eigenvalue weighted by atomic mass is 16.5. The molecule has 0 spiro atoms. The van der Waals surface area contributed by atoms with E-state index in [1.54, 1.807) is 0 Å². The molecule has 6 nitrogen and oxygen atoms in total. The van der Waals surface area contributed by atoms with Crippen LogP contribution in [0.2, 0.25) is 0 Å². The van der Waals surface area contributed by atoms with Crippen molar-refractivity contribution in [3.63, 3.8) is 0 Å². The predicted molar refractivity (Wildman–Crippen MR) is 158 cm³/mol. The Balaban J connectivity index is 1.45. The van der Waals surface area contributed by atoms with E-state index in [4.69, 9.17) is 9.47 Å². The monoisotopic (exact) mass is 548 g/mol. The van der Waals surface area contributed by atoms with E-state index in [1.165, 1.54) is 11.1 Å². The van der Waals surface area contributed by atoms with Gasteiger partial charge in [0.2, 0.25) is 11.8 Å². The Morgan fingerprint density at radius 1 is 0.700 bits per heavy atom. The topological polar surface area (TPSA) is 59.1 Å². The summed E-state index contributed by atoms with van der Waals surface area (Å²) < 4.78 is 12.2. The molecule has 2 saturated heterocycles. The summed E-state index contributed by atoms with van der Waals surface area (Å²) in [6.07, 6.45) is 4.10. The molecule has 0 unspecified atom stereocenters. The fourth-order valence-electron chi connectivity index (χ4n) is 6.78. The second-order valence-corrected chi connectivity index (χ2v) is 12.5. The lowest BCUT2D eigenvalue weighted by molar-refractivity contribution is -0.151. The summed E-state index contributed by atoms with van der Waals surface area (Å²) in [6.45, 7) is 13.3. The molecule has 2 aliphatic rings. The van der Waals surface area contributed by atoms with Gasteiger partial charge in [-0.1, -0.05) is 87.4 Å². The lowest BCUT2D eigenvalue weighted by Gasteiger charge is -2.37. The Hall–Kier alpha value is -2.70. The van der Waals surface area contributed by atoms with Crippen LogP contribution in [0.4, 0.5) is 0 Å². The summed E-state index contributed by atoms with van der Waals surface area (Å²) in [4.78, 5) is 31.7. The van der Waals surface area contributed by atoms with Gasteiger partial charge in [-0.3, -0.25) is 9.59 Å². The normalized spacial score (nSPS) is 23.2. The fourth-order valence-corrected chi connectivity index (χ4v) is 6.78. The molecule has 2 heterocycles. The number of carbonyl (C=O) groups is 2. The average Bonchev–Trinajstić information content (AvgIpc) is 3.40. The van der Waals surface area contributed by atoms with Crippen molar-refractivity contribution in [2.45, 2.75) is 104 Å². The zero-order chi connectivity index (χ0) is 28.9. The molecule has 40 heavy (non-hydrogen) atoms. The van der Waals surface area contributed by atoms with E-state index in [2.05, 4.69) is 38.1 Å². The molecular weight excluding hydrogens is 500 g/mol. The van der Waals surface area contributed by atoms with Crippen LogP contribution >= 0.6 is 0 Å². The second kappa shape index (κ2) is 12.9. The van der Waals surface area contributed by atoms with Gasteiger partial charge in [0.15, 0.2) is 0 Å². The minimum Gasteiger partial charge on any atom is -0.354 e. The van der Waals surface area contributed by atoms with Crippen LogP contribution in [0, 0.1) is 11.8 Å². The summed E-state index contributed by atoms with van der Waals surface area (Å²) in [5.74, 6) is 0.477. The number of nitrogens with zero attached hydrogens (tertiary/aromatic N) is 2. The molecule has 2 fully saturated rings. The Bertz CT molecular complexity index is 1030. The highest BCUT2D eigenvalue weighted by Gasteiger charge is 2.46. The molecule has 2 aromatic carbocycles. The zero-order valence-corrected chi connectivity index (χ0v) is 25.3. The molecule has 0 aromatic heterocycles. The van der Waals surface area contributed by atoms with Crippen molar-refractivity contribution in [3.8, 4) is 0 Å². The SMILES string of the molecule is CC[C@H](CC(=O)N1[C@@H](Cc2ccccc2)COC1(C)C)[C@H](CC)CC(=O)N1[C@@H](Cc2ccccc2)COC1(C)C. The van der Waals surface area contributed by atoms with E-state index >= 15 is 0 Å². The number of rotatable bonds is 11. The Labute approximate surface area is 241 Å². The fraction of sp³-hybridized carbons (Fsp3) is 0.588. The van der Waals surface area contributed by atoms with Gasteiger partial charge in [-0.25, -0.2) is 0 Å². The van der Waals surface area contributed by atoms with Crippen molar-refractivity contribution in [2.75, 3.05) is 13.2 Å². The highest BCUT2D eigenvalue weighted by Crippen LogP contribution is 2.36. The molecule has 218 valence electrons. The quantitative estimate of drug-likeness (QED) is 0.334. The molecule has 6 heteroatoms. The maximum Gasteiger partial charge on any atom is 0.225 e. The number of hydrogen-bond acceptors (Lipinski definition) is 4. The predicted octanol–water partition coefficient (Wildman–Crippen LogP) is 6.23. The third-order valence-electron chi connectivity index (χ3n) is 8.90. The average molecular weight is 549 g/mol. The van der Waals surface area contributed by atoms with Crippen LogP contribution in [-0.2, 0) is 31.9 Å². The standard InChI is InChI=1S/C34H48N2O4/c1-7-27(21-31(37)35-29(23-39-33(35,3)4)19-25-15-11-9-12-16-25)28(8-2)22-32(38)36-30(24-40-34(36,5)6)20-26-17-13-10-14-18-26/h9-18,27-30H,7-8,19-24H2,1-6H3/t27-,28-,29+,30+/m1/s1. The molecule has 4 atom stereocenters. The van der Waals surface area contributed by atoms with Crippen LogP contribution in [0.3, 0.4) is 0 Å². The lowest BCUT2D eigenvalue weighted by atomic mass is 9.82. The van der Waals surface area contributed by atoms with Gasteiger partial charge in [0.05, 0.1) is 25.3 Å². The Morgan fingerprint density at radius 3 is 1.38 bits per heavy atom. The molecule has 4 rings (SSSR count). The van der Waals surface area contributed by atoms with E-state index in [-0.39, 0.29) is 35.7 Å². The first-order valence-corrected chi connectivity index (χ1v) is 15.1. The molecule has 0 bridgehead atoms. The van der Waals surface area contributed by atoms with Crippen LogP contribution in [0.5, 0.6) is 0 Å². The van der Waals surface area contributed by atoms with Crippen LogP contribution in [-0.4, -0.2) is 58.4 Å². The largest absolute Gasteiger partial charge is 0.354 e. The smallest absolute Gasteiger partial charge is 0.225 e. The van der Waals surface area contributed by atoms with Crippen molar-refractivity contribution in [2.24, 2.45) is 11.8 Å². The summed E-state index contributed by atoms with van der Waals surface area (Å²) >= 11 is 0. The first kappa shape index (κ1) is 30.3. The zero-order valence-electron chi connectivity index (χ0n) is 25.3. The van der Waals surface area contributed by atoms with E-state index in [9.17, 15) is 9.59 Å². The van der Waals surface area contributed by atoms with Crippen LogP contribution in [0.1, 0.15) is 78.4 Å². The number of amides is 2. The van der Waals surface area contributed by atoms with E-state index in [1.807, 2.05) is 73.9 Å². The van der Waals surface area contributed by atoms with Crippen molar-refractivity contribution >= 4 is 11.8 Å². The summed E-state index contributed by atoms with van der Waals surface area (Å²) in [5, 5.41) is 0. The first-order valence-electron chi connectivity index (χ1n) is 15.1. The van der Waals surface area contributed by atoms with Crippen LogP contribution in [0.25, 0.3) is 0 Å². The Kier molecular flexibility index (Phi) is 9.73. The van der Waals surface area contributed by atoms with E-state index < -0.39 is 11.4 Å². The highest BCUT2D eigenvalue weighted by molar-refractivity contribution is 5.79. The second-order valence-electron chi connectivity index (χ2n) is 12.5. The molecule has 2 amide bonds. The summed E-state index contributed by atoms with van der Waals surface area (Å²) in [5.41, 5.74) is 1.12. The molecule has 0 radical (unpaired) electrons. The summed E-state index contributed by atoms with van der Waals surface area (Å²) in [7, 11) is 0. The van der Waals surface area contributed by atoms with Crippen LogP contribution in [0.15, 0.2) is 60.7 Å². The molecule has 2 aromatic rings. The first-order chi connectivity index (χ1) is 19.1. The van der Waals surface area contributed by atoms with Gasteiger partial charge in [-0.15, -0.1) is 0 Å². The van der Waals surface area contributed by atoms with Gasteiger partial charge in [0, 0.05) is 12.8 Å². The lowest BCUT2D eigenvalue weighted by Crippen LogP contribution is -2.50. The van der Waals surface area contributed by atoms with Crippen molar-refractivity contribution in [3.05, 3.63) is 71.8 Å². The van der Waals surface area contributed by atoms with Gasteiger partial charge in [0.25, 0.3) is 0 Å². The number of ether oxygens (including phenoxy) is 2. The van der Waals surface area contributed by atoms with Crippen molar-refractivity contribution < 1.29 is 19.1 Å². The van der Waals surface area contributed by atoms with Gasteiger partial charge < -0.3 is 19.3 Å². The maximum atomic E-state index is 13.9. The molecule has 2 aliphatic heterocycles. The third kappa shape index (κ3) is 6.95. The minimum absolute atomic E-state index is 0.00501.